The van der Waals surface area contributed by atoms with Gasteiger partial charge >= 0.3 is 17.4 Å². The Kier molecular flexibility index (Phi) is 461. The molecule has 0 saturated heterocycles. The third kappa shape index (κ3) is 23.8. The predicted molar refractivity (Wildman–Crippen MR) is 5.75 cm³/mol. The zero-order valence-electron chi connectivity index (χ0n) is 2.42. The van der Waals surface area contributed by atoms with Gasteiger partial charge in [-0.05, 0) is 0 Å². The smallest absolute Gasteiger partial charge is 1.00 e. The van der Waals surface area contributed by atoms with E-state index in [4.69, 9.17) is 0 Å². The van der Waals surface area contributed by atoms with Crippen molar-refractivity contribution in [2.45, 2.75) is 0 Å². The molecule has 0 fully saturated rings. The Morgan fingerprint density at radius 1 is 0.600 bits per heavy atom. The van der Waals surface area contributed by atoms with E-state index in [1.54, 1.807) is 0 Å². The fourth-order valence-corrected chi connectivity index (χ4v) is 0. The van der Waals surface area contributed by atoms with Gasteiger partial charge < -0.3 is 37.2 Å². The molecule has 0 nitrogen and oxygen atoms in total. The van der Waals surface area contributed by atoms with Gasteiger partial charge in [0.1, 0.15) is 0 Å². The van der Waals surface area contributed by atoms with Crippen LogP contribution in [0, 0.1) is 0 Å². The Morgan fingerprint density at radius 3 is 0.600 bits per heavy atom. The Morgan fingerprint density at radius 2 is 0.600 bits per heavy atom. The van der Waals surface area contributed by atoms with Crippen molar-refractivity contribution in [2.24, 2.45) is 0 Å². The molecule has 0 radical (unpaired) electrons. The molecule has 0 saturated carbocycles. The van der Waals surface area contributed by atoms with Crippen molar-refractivity contribution < 1.29 is 56.7 Å². The van der Waals surface area contributed by atoms with Crippen LogP contribution in [0.5, 0.6) is 0 Å². The molecule has 0 aromatic rings. The van der Waals surface area contributed by atoms with Crippen LogP contribution < -0.4 is 37.2 Å². The van der Waals surface area contributed by atoms with E-state index in [2.05, 4.69) is 0 Å². The van der Waals surface area contributed by atoms with Crippen LogP contribution in [0.25, 0.3) is 0 Å². The average molecular weight is 199 g/mol. The molecule has 5 heavy (non-hydrogen) atoms. The summed E-state index contributed by atoms with van der Waals surface area (Å²) in [7, 11) is 0. The van der Waals surface area contributed by atoms with Crippen LogP contribution in [0.2, 0.25) is 0 Å². The van der Waals surface area contributed by atoms with E-state index in [1.807, 2.05) is 0 Å². The van der Waals surface area contributed by atoms with Crippen molar-refractivity contribution in [3.8, 4) is 0 Å². The van der Waals surface area contributed by atoms with E-state index in [9.17, 15) is 0 Å². The Hall–Kier alpha value is 2.03. The zero-order chi connectivity index (χ0) is 0. The maximum absolute atomic E-state index is 0. The van der Waals surface area contributed by atoms with Crippen molar-refractivity contribution in [3.05, 3.63) is 0 Å². The van der Waals surface area contributed by atoms with Crippen molar-refractivity contribution in [3.63, 3.8) is 0 Å². The summed E-state index contributed by atoms with van der Waals surface area (Å²) in [4.78, 5) is 0. The van der Waals surface area contributed by atoms with Crippen LogP contribution in [0.15, 0.2) is 0 Å². The minimum atomic E-state index is 0. The Labute approximate surface area is 73.6 Å². The summed E-state index contributed by atoms with van der Waals surface area (Å²) < 4.78 is 0. The minimum absolute atomic E-state index is 0. The predicted octanol–water partition coefficient (Wildman–Crippen LogP) is -9.37. The fourth-order valence-electron chi connectivity index (χ4n) is 0. The maximum Gasteiger partial charge on any atom is 3.00 e. The molecule has 0 N–H and O–H groups in total. The third-order valence-corrected chi connectivity index (χ3v) is 0. The van der Waals surface area contributed by atoms with Crippen molar-refractivity contribution in [1.82, 2.24) is 0 Å². The molecule has 0 atom stereocenters. The molecule has 0 aromatic carbocycles. The van der Waals surface area contributed by atoms with Crippen LogP contribution in [0.1, 0.15) is 0 Å². The molecular formula is AlCl3Zn. The molecule has 26 valence electrons. The summed E-state index contributed by atoms with van der Waals surface area (Å²) in [5.74, 6) is 0. The number of hydrogen-bond donors (Lipinski definition) is 0. The largest absolute Gasteiger partial charge is 3.00 e. The molecule has 0 aliphatic rings. The molecule has 0 heterocycles. The van der Waals surface area contributed by atoms with Gasteiger partial charge in [0.25, 0.3) is 0 Å². The van der Waals surface area contributed by atoms with Gasteiger partial charge in [-0.3, -0.25) is 0 Å². The maximum atomic E-state index is 0. The topological polar surface area (TPSA) is 0 Å². The van der Waals surface area contributed by atoms with Crippen LogP contribution in [-0.2, 0) is 19.5 Å². The molecule has 0 aliphatic heterocycles. The number of halogens is 3. The number of hydrogen-bond acceptors (Lipinski definition) is 0. The van der Waals surface area contributed by atoms with Crippen LogP contribution >= 0.6 is 0 Å². The van der Waals surface area contributed by atoms with Gasteiger partial charge in [0.2, 0.25) is 0 Å². The van der Waals surface area contributed by atoms with Gasteiger partial charge in [-0.2, -0.15) is 0 Å². The molecular weight excluding hydrogens is 199 g/mol. The first-order chi connectivity index (χ1) is 0. The van der Waals surface area contributed by atoms with Crippen molar-refractivity contribution in [2.75, 3.05) is 0 Å². The monoisotopic (exact) mass is 196 g/mol. The molecule has 0 aliphatic carbocycles. The van der Waals surface area contributed by atoms with Gasteiger partial charge in [-0.15, -0.1) is 0 Å². The van der Waals surface area contributed by atoms with Crippen LogP contribution in [0.3, 0.4) is 0 Å². The van der Waals surface area contributed by atoms with E-state index >= 15 is 0 Å². The molecule has 0 aromatic heterocycles. The summed E-state index contributed by atoms with van der Waals surface area (Å²) in [5, 5.41) is 0. The summed E-state index contributed by atoms with van der Waals surface area (Å²) >= 11 is 0. The summed E-state index contributed by atoms with van der Waals surface area (Å²) in [6.45, 7) is 0. The normalized spacial score (nSPS) is 0. The van der Waals surface area contributed by atoms with E-state index in [-0.39, 0.29) is 74.1 Å². The first-order valence-electron chi connectivity index (χ1n) is 0. The van der Waals surface area contributed by atoms with E-state index < -0.39 is 0 Å². The van der Waals surface area contributed by atoms with Gasteiger partial charge in [-0.25, -0.2) is 0 Å². The molecule has 0 spiro atoms. The van der Waals surface area contributed by atoms with Crippen LogP contribution in [-0.4, -0.2) is 17.4 Å². The fraction of sp³-hybridized carbons (Fsp3) is 0. The van der Waals surface area contributed by atoms with Gasteiger partial charge in [0, 0.05) is 19.5 Å². The second-order valence-corrected chi connectivity index (χ2v) is 0. The molecule has 0 bridgehead atoms. The number of rotatable bonds is 0. The van der Waals surface area contributed by atoms with Gasteiger partial charge in [-0.1, -0.05) is 0 Å². The molecule has 0 unspecified atom stereocenters. The first-order valence-corrected chi connectivity index (χ1v) is 0. The summed E-state index contributed by atoms with van der Waals surface area (Å²) in [5.41, 5.74) is 0. The molecule has 5 heteroatoms. The summed E-state index contributed by atoms with van der Waals surface area (Å²) in [6.07, 6.45) is 0. The van der Waals surface area contributed by atoms with Crippen LogP contribution in [0.4, 0.5) is 0 Å². The molecule has 0 amide bonds. The van der Waals surface area contributed by atoms with Gasteiger partial charge in [0.05, 0.1) is 0 Å². The van der Waals surface area contributed by atoms with E-state index in [1.165, 1.54) is 0 Å². The quantitative estimate of drug-likeness (QED) is 0.340. The first kappa shape index (κ1) is 62.2. The van der Waals surface area contributed by atoms with Crippen molar-refractivity contribution >= 4 is 17.4 Å². The Balaban J connectivity index is 0. The standard InChI is InChI=1S/Al.3ClH.Zn/h;3*1H;/q+3;;;;/p-3. The second kappa shape index (κ2) is 37.1. The molecule has 0 rings (SSSR count). The average Bonchev–Trinajstić information content (AvgIpc) is 0. The van der Waals surface area contributed by atoms with Crippen molar-refractivity contribution in [1.29, 1.82) is 0 Å². The third-order valence-electron chi connectivity index (χ3n) is 0. The second-order valence-electron chi connectivity index (χ2n) is 0. The summed E-state index contributed by atoms with van der Waals surface area (Å²) in [6, 6.07) is 0. The van der Waals surface area contributed by atoms with Gasteiger partial charge in [0.15, 0.2) is 0 Å². The van der Waals surface area contributed by atoms with E-state index in [0.717, 1.165) is 0 Å². The Bertz CT molecular complexity index is 6.85. The zero-order valence-corrected chi connectivity index (χ0v) is 8.81. The van der Waals surface area contributed by atoms with E-state index in [0.29, 0.717) is 0 Å². The SMILES string of the molecule is [Al+3].[Cl-].[Cl-].[Cl-].[Zn]. The minimum Gasteiger partial charge on any atom is -1.00 e.